The number of benzene rings is 3. The van der Waals surface area contributed by atoms with Crippen molar-refractivity contribution in [3.05, 3.63) is 108 Å². The molecule has 0 aliphatic carbocycles. The maximum Gasteiger partial charge on any atom is 0.329 e. The lowest BCUT2D eigenvalue weighted by atomic mass is 9.75. The first-order valence-electron chi connectivity index (χ1n) is 9.21. The molecule has 28 heavy (non-hydrogen) atoms. The van der Waals surface area contributed by atoms with Crippen LogP contribution in [0.2, 0.25) is 0 Å². The lowest BCUT2D eigenvalue weighted by Gasteiger charge is -2.43. The van der Waals surface area contributed by atoms with Gasteiger partial charge in [0.05, 0.1) is 0 Å². The Morgan fingerprint density at radius 3 is 1.43 bits per heavy atom. The van der Waals surface area contributed by atoms with Crippen molar-refractivity contribution in [3.63, 3.8) is 0 Å². The van der Waals surface area contributed by atoms with E-state index in [0.29, 0.717) is 6.54 Å². The molecule has 5 heteroatoms. The number of hydrogen-bond acceptors (Lipinski definition) is 2. The van der Waals surface area contributed by atoms with Crippen molar-refractivity contribution >= 4 is 12.1 Å². The van der Waals surface area contributed by atoms with Crippen molar-refractivity contribution in [2.75, 3.05) is 13.1 Å². The summed E-state index contributed by atoms with van der Waals surface area (Å²) in [5.41, 5.74) is 7.43. The molecule has 4 amide bonds. The first-order chi connectivity index (χ1) is 13.7. The molecule has 0 saturated carbocycles. The van der Waals surface area contributed by atoms with Crippen LogP contribution in [0.4, 0.5) is 9.59 Å². The average Bonchev–Trinajstić information content (AvgIpc) is 3.13. The fraction of sp³-hybridized carbons (Fsp3) is 0.130. The van der Waals surface area contributed by atoms with E-state index in [-0.39, 0.29) is 12.6 Å². The van der Waals surface area contributed by atoms with Crippen LogP contribution in [0.15, 0.2) is 91.0 Å². The summed E-state index contributed by atoms with van der Waals surface area (Å²) in [6, 6.07) is 28.6. The standard InChI is InChI=1S/C23H21N3O2/c24-21(27)25-16-17-26(22(25)28)23(18-10-4-1-5-11-18,19-12-6-2-7-13-19)20-14-8-3-9-15-20/h1-15H,16-17H2,(H2,24,27). The summed E-state index contributed by atoms with van der Waals surface area (Å²) in [5.74, 6) is 0. The highest BCUT2D eigenvalue weighted by Gasteiger charge is 2.49. The van der Waals surface area contributed by atoms with Crippen LogP contribution in [0.3, 0.4) is 0 Å². The Bertz CT molecular complexity index is 878. The monoisotopic (exact) mass is 371 g/mol. The lowest BCUT2D eigenvalue weighted by molar-refractivity contribution is 0.165. The maximum atomic E-state index is 13.3. The second-order valence-corrected chi connectivity index (χ2v) is 6.73. The first kappa shape index (κ1) is 17.8. The first-order valence-corrected chi connectivity index (χ1v) is 9.21. The fourth-order valence-corrected chi connectivity index (χ4v) is 4.06. The molecular formula is C23H21N3O2. The van der Waals surface area contributed by atoms with Crippen molar-refractivity contribution < 1.29 is 9.59 Å². The van der Waals surface area contributed by atoms with Gasteiger partial charge in [-0.2, -0.15) is 0 Å². The largest absolute Gasteiger partial charge is 0.351 e. The number of hydrogen-bond donors (Lipinski definition) is 1. The number of urea groups is 2. The van der Waals surface area contributed by atoms with E-state index in [9.17, 15) is 9.59 Å². The Hall–Kier alpha value is -3.60. The average molecular weight is 371 g/mol. The predicted octanol–water partition coefficient (Wildman–Crippen LogP) is 3.79. The zero-order chi connectivity index (χ0) is 19.6. The van der Waals surface area contributed by atoms with E-state index in [1.165, 1.54) is 0 Å². The zero-order valence-corrected chi connectivity index (χ0v) is 15.4. The van der Waals surface area contributed by atoms with Crippen LogP contribution >= 0.6 is 0 Å². The topological polar surface area (TPSA) is 66.6 Å². The molecule has 0 atom stereocenters. The molecule has 0 unspecified atom stereocenters. The molecule has 0 bridgehead atoms. The molecule has 1 fully saturated rings. The van der Waals surface area contributed by atoms with Crippen molar-refractivity contribution in [2.24, 2.45) is 5.73 Å². The number of imide groups is 1. The molecule has 3 aromatic carbocycles. The van der Waals surface area contributed by atoms with Crippen molar-refractivity contribution in [1.82, 2.24) is 9.80 Å². The number of carbonyl (C=O) groups is 2. The van der Waals surface area contributed by atoms with Gasteiger partial charge in [0.15, 0.2) is 0 Å². The van der Waals surface area contributed by atoms with E-state index in [4.69, 9.17) is 5.73 Å². The molecule has 1 heterocycles. The van der Waals surface area contributed by atoms with Gasteiger partial charge in [-0.15, -0.1) is 0 Å². The van der Waals surface area contributed by atoms with E-state index < -0.39 is 11.6 Å². The molecule has 3 aromatic rings. The molecule has 4 rings (SSSR count). The second kappa shape index (κ2) is 7.19. The van der Waals surface area contributed by atoms with E-state index in [0.717, 1.165) is 21.6 Å². The van der Waals surface area contributed by atoms with Crippen molar-refractivity contribution in [1.29, 1.82) is 0 Å². The quantitative estimate of drug-likeness (QED) is 0.709. The Labute approximate surface area is 164 Å². The van der Waals surface area contributed by atoms with Gasteiger partial charge in [0.1, 0.15) is 5.54 Å². The van der Waals surface area contributed by atoms with Crippen LogP contribution < -0.4 is 5.73 Å². The van der Waals surface area contributed by atoms with Crippen LogP contribution in [-0.4, -0.2) is 35.0 Å². The Kier molecular flexibility index (Phi) is 4.57. The smallest absolute Gasteiger partial charge is 0.329 e. The summed E-state index contributed by atoms with van der Waals surface area (Å²) < 4.78 is 0. The van der Waals surface area contributed by atoms with Gasteiger partial charge >= 0.3 is 12.1 Å². The minimum atomic E-state index is -0.870. The minimum Gasteiger partial charge on any atom is -0.351 e. The zero-order valence-electron chi connectivity index (χ0n) is 15.4. The molecule has 1 saturated heterocycles. The van der Waals surface area contributed by atoms with Gasteiger partial charge in [-0.05, 0) is 16.7 Å². The summed E-state index contributed by atoms with van der Waals surface area (Å²) in [7, 11) is 0. The Morgan fingerprint density at radius 2 is 1.11 bits per heavy atom. The second-order valence-electron chi connectivity index (χ2n) is 6.73. The third-order valence-corrected chi connectivity index (χ3v) is 5.25. The number of primary amides is 1. The molecule has 0 spiro atoms. The number of rotatable bonds is 4. The number of nitrogens with two attached hydrogens (primary N) is 1. The molecular weight excluding hydrogens is 350 g/mol. The maximum absolute atomic E-state index is 13.3. The molecule has 2 N–H and O–H groups in total. The Morgan fingerprint density at radius 1 is 0.714 bits per heavy atom. The van der Waals surface area contributed by atoms with E-state index >= 15 is 0 Å². The lowest BCUT2D eigenvalue weighted by Crippen LogP contribution is -2.51. The van der Waals surface area contributed by atoms with Gasteiger partial charge in [0.25, 0.3) is 0 Å². The van der Waals surface area contributed by atoms with E-state index in [1.54, 1.807) is 4.90 Å². The van der Waals surface area contributed by atoms with E-state index in [1.807, 2.05) is 91.0 Å². The summed E-state index contributed by atoms with van der Waals surface area (Å²) >= 11 is 0. The summed E-state index contributed by atoms with van der Waals surface area (Å²) in [5, 5.41) is 0. The van der Waals surface area contributed by atoms with Gasteiger partial charge in [-0.3, -0.25) is 0 Å². The molecule has 140 valence electrons. The highest BCUT2D eigenvalue weighted by molar-refractivity contribution is 5.95. The highest BCUT2D eigenvalue weighted by atomic mass is 16.2. The molecule has 1 aliphatic rings. The minimum absolute atomic E-state index is 0.266. The van der Waals surface area contributed by atoms with Gasteiger partial charge < -0.3 is 10.6 Å². The molecule has 1 aliphatic heterocycles. The van der Waals surface area contributed by atoms with E-state index in [2.05, 4.69) is 0 Å². The third kappa shape index (κ3) is 2.72. The summed E-state index contributed by atoms with van der Waals surface area (Å²) in [6.45, 7) is 0.656. The number of nitrogens with zero attached hydrogens (tertiary/aromatic N) is 2. The van der Waals surface area contributed by atoms with Crippen LogP contribution in [0, 0.1) is 0 Å². The van der Waals surface area contributed by atoms with Crippen molar-refractivity contribution in [3.8, 4) is 0 Å². The molecule has 0 aromatic heterocycles. The number of amides is 4. The summed E-state index contributed by atoms with van der Waals surface area (Å²) in [4.78, 5) is 27.9. The fourth-order valence-electron chi connectivity index (χ4n) is 4.06. The summed E-state index contributed by atoms with van der Waals surface area (Å²) in [6.07, 6.45) is 0. The Balaban J connectivity index is 2.03. The SMILES string of the molecule is NC(=O)N1CCN(C(c2ccccc2)(c2ccccc2)c2ccccc2)C1=O. The van der Waals surface area contributed by atoms with Crippen LogP contribution in [0.25, 0.3) is 0 Å². The van der Waals surface area contributed by atoms with Gasteiger partial charge in [0, 0.05) is 13.1 Å². The van der Waals surface area contributed by atoms with Crippen molar-refractivity contribution in [2.45, 2.75) is 5.54 Å². The molecule has 0 radical (unpaired) electrons. The van der Waals surface area contributed by atoms with Gasteiger partial charge in [0.2, 0.25) is 0 Å². The molecule has 5 nitrogen and oxygen atoms in total. The normalized spacial score (nSPS) is 14.4. The van der Waals surface area contributed by atoms with Crippen LogP contribution in [0.1, 0.15) is 16.7 Å². The van der Waals surface area contributed by atoms with Gasteiger partial charge in [-0.25, -0.2) is 14.5 Å². The van der Waals surface area contributed by atoms with Crippen LogP contribution in [-0.2, 0) is 5.54 Å². The number of carbonyl (C=O) groups excluding carboxylic acids is 2. The van der Waals surface area contributed by atoms with Crippen LogP contribution in [0.5, 0.6) is 0 Å². The highest BCUT2D eigenvalue weighted by Crippen LogP contribution is 2.43. The van der Waals surface area contributed by atoms with Gasteiger partial charge in [-0.1, -0.05) is 91.0 Å². The third-order valence-electron chi connectivity index (χ3n) is 5.25. The predicted molar refractivity (Wildman–Crippen MR) is 108 cm³/mol.